The topological polar surface area (TPSA) is 12.0 Å². The first-order valence-electron chi connectivity index (χ1n) is 6.76. The maximum Gasteiger partial charge on any atom is 0.00805 e. The summed E-state index contributed by atoms with van der Waals surface area (Å²) in [5.74, 6) is 1.29. The standard InChI is InChI=1S/C13H25NS/c1-2-15-13-9-8-12(10-13)14-11-6-4-3-5-7-11/h11-14H,2-10H2,1H3. The fraction of sp³-hybridized carbons (Fsp3) is 1.00. The highest BCUT2D eigenvalue weighted by molar-refractivity contribution is 7.99. The van der Waals surface area contributed by atoms with Crippen molar-refractivity contribution in [2.75, 3.05) is 5.75 Å². The molecule has 0 aliphatic heterocycles. The summed E-state index contributed by atoms with van der Waals surface area (Å²) < 4.78 is 0. The predicted octanol–water partition coefficient (Wildman–Crippen LogP) is 3.58. The van der Waals surface area contributed by atoms with Gasteiger partial charge in [0.05, 0.1) is 0 Å². The van der Waals surface area contributed by atoms with Crippen LogP contribution in [0.5, 0.6) is 0 Å². The van der Waals surface area contributed by atoms with Gasteiger partial charge >= 0.3 is 0 Å². The molecule has 2 saturated carbocycles. The summed E-state index contributed by atoms with van der Waals surface area (Å²) in [4.78, 5) is 0. The lowest BCUT2D eigenvalue weighted by Gasteiger charge is -2.26. The van der Waals surface area contributed by atoms with Gasteiger partial charge in [-0.05, 0) is 37.9 Å². The van der Waals surface area contributed by atoms with Gasteiger partial charge in [-0.3, -0.25) is 0 Å². The van der Waals surface area contributed by atoms with E-state index < -0.39 is 0 Å². The Morgan fingerprint density at radius 2 is 1.80 bits per heavy atom. The molecule has 2 atom stereocenters. The van der Waals surface area contributed by atoms with Crippen molar-refractivity contribution < 1.29 is 0 Å². The van der Waals surface area contributed by atoms with Gasteiger partial charge in [-0.2, -0.15) is 11.8 Å². The Hall–Kier alpha value is 0.310. The minimum atomic E-state index is 0.845. The zero-order valence-corrected chi connectivity index (χ0v) is 10.8. The zero-order valence-electron chi connectivity index (χ0n) is 10.0. The van der Waals surface area contributed by atoms with Crippen molar-refractivity contribution in [2.24, 2.45) is 0 Å². The van der Waals surface area contributed by atoms with E-state index in [2.05, 4.69) is 24.0 Å². The molecule has 0 heterocycles. The van der Waals surface area contributed by atoms with Crippen LogP contribution in [0.15, 0.2) is 0 Å². The molecule has 0 radical (unpaired) electrons. The lowest BCUT2D eigenvalue weighted by atomic mass is 9.95. The van der Waals surface area contributed by atoms with Gasteiger partial charge in [-0.1, -0.05) is 26.2 Å². The van der Waals surface area contributed by atoms with Crippen molar-refractivity contribution in [3.8, 4) is 0 Å². The van der Waals surface area contributed by atoms with Crippen molar-refractivity contribution in [1.82, 2.24) is 5.32 Å². The van der Waals surface area contributed by atoms with E-state index in [1.165, 1.54) is 57.1 Å². The molecule has 0 spiro atoms. The Morgan fingerprint density at radius 1 is 1.00 bits per heavy atom. The molecule has 0 aromatic rings. The van der Waals surface area contributed by atoms with E-state index in [4.69, 9.17) is 0 Å². The first-order valence-corrected chi connectivity index (χ1v) is 7.81. The number of nitrogens with one attached hydrogen (secondary N) is 1. The Kier molecular flexibility index (Phi) is 4.83. The summed E-state index contributed by atoms with van der Waals surface area (Å²) in [7, 11) is 0. The third kappa shape index (κ3) is 3.67. The van der Waals surface area contributed by atoms with E-state index in [-0.39, 0.29) is 0 Å². The summed E-state index contributed by atoms with van der Waals surface area (Å²) in [5, 5.41) is 4.85. The van der Waals surface area contributed by atoms with Gasteiger partial charge in [0.15, 0.2) is 0 Å². The molecular formula is C13H25NS. The molecule has 2 aliphatic carbocycles. The van der Waals surface area contributed by atoms with Crippen LogP contribution in [0, 0.1) is 0 Å². The van der Waals surface area contributed by atoms with Gasteiger partial charge in [0.2, 0.25) is 0 Å². The molecule has 0 bridgehead atoms. The first kappa shape index (κ1) is 11.8. The quantitative estimate of drug-likeness (QED) is 0.788. The molecule has 1 N–H and O–H groups in total. The molecule has 1 nitrogen and oxygen atoms in total. The normalized spacial score (nSPS) is 33.4. The maximum atomic E-state index is 3.89. The van der Waals surface area contributed by atoms with Gasteiger partial charge in [-0.25, -0.2) is 0 Å². The summed E-state index contributed by atoms with van der Waals surface area (Å²) in [6.45, 7) is 2.28. The zero-order chi connectivity index (χ0) is 10.5. The molecule has 2 rings (SSSR count). The molecule has 0 amide bonds. The molecule has 2 heteroatoms. The van der Waals surface area contributed by atoms with Crippen LogP contribution >= 0.6 is 11.8 Å². The van der Waals surface area contributed by atoms with E-state index in [0.717, 1.165) is 17.3 Å². The summed E-state index contributed by atoms with van der Waals surface area (Å²) in [6.07, 6.45) is 11.5. The van der Waals surface area contributed by atoms with Gasteiger partial charge < -0.3 is 5.32 Å². The number of hydrogen-bond donors (Lipinski definition) is 1. The van der Waals surface area contributed by atoms with Crippen LogP contribution in [0.2, 0.25) is 0 Å². The molecule has 88 valence electrons. The molecular weight excluding hydrogens is 202 g/mol. The lowest BCUT2D eigenvalue weighted by Crippen LogP contribution is -2.38. The molecule has 0 saturated heterocycles. The second-order valence-corrected chi connectivity index (χ2v) is 6.67. The number of hydrogen-bond acceptors (Lipinski definition) is 2. The Bertz CT molecular complexity index is 177. The van der Waals surface area contributed by atoms with Crippen LogP contribution in [-0.4, -0.2) is 23.1 Å². The third-order valence-corrected chi connectivity index (χ3v) is 5.10. The monoisotopic (exact) mass is 227 g/mol. The van der Waals surface area contributed by atoms with Crippen LogP contribution in [0.3, 0.4) is 0 Å². The molecule has 2 fully saturated rings. The van der Waals surface area contributed by atoms with Crippen molar-refractivity contribution in [3.63, 3.8) is 0 Å². The highest BCUT2D eigenvalue weighted by Gasteiger charge is 2.26. The SMILES string of the molecule is CCSC1CCC(NC2CCCCC2)C1. The van der Waals surface area contributed by atoms with Crippen LogP contribution in [0.25, 0.3) is 0 Å². The van der Waals surface area contributed by atoms with Crippen molar-refractivity contribution in [2.45, 2.75) is 75.6 Å². The van der Waals surface area contributed by atoms with E-state index in [9.17, 15) is 0 Å². The van der Waals surface area contributed by atoms with E-state index in [1.807, 2.05) is 0 Å². The highest BCUT2D eigenvalue weighted by Crippen LogP contribution is 2.30. The summed E-state index contributed by atoms with van der Waals surface area (Å²) >= 11 is 2.16. The number of thioether (sulfide) groups is 1. The Balaban J connectivity index is 1.67. The van der Waals surface area contributed by atoms with Crippen LogP contribution in [0.1, 0.15) is 58.3 Å². The van der Waals surface area contributed by atoms with Crippen LogP contribution in [-0.2, 0) is 0 Å². The van der Waals surface area contributed by atoms with Gasteiger partial charge in [-0.15, -0.1) is 0 Å². The smallest absolute Gasteiger partial charge is 0.00805 e. The van der Waals surface area contributed by atoms with Gasteiger partial charge in [0.1, 0.15) is 0 Å². The average Bonchev–Trinajstić information content (AvgIpc) is 2.68. The fourth-order valence-corrected chi connectivity index (χ4v) is 4.22. The minimum Gasteiger partial charge on any atom is -0.311 e. The lowest BCUT2D eigenvalue weighted by molar-refractivity contribution is 0.337. The van der Waals surface area contributed by atoms with Crippen molar-refractivity contribution in [1.29, 1.82) is 0 Å². The summed E-state index contributed by atoms with van der Waals surface area (Å²) in [6, 6.07) is 1.70. The Morgan fingerprint density at radius 3 is 2.53 bits per heavy atom. The Labute approximate surface area is 98.8 Å². The number of rotatable bonds is 4. The van der Waals surface area contributed by atoms with E-state index >= 15 is 0 Å². The third-order valence-electron chi connectivity index (χ3n) is 3.86. The van der Waals surface area contributed by atoms with Crippen LogP contribution in [0.4, 0.5) is 0 Å². The largest absolute Gasteiger partial charge is 0.311 e. The second-order valence-electron chi connectivity index (χ2n) is 5.09. The fourth-order valence-electron chi connectivity index (χ4n) is 3.08. The van der Waals surface area contributed by atoms with Gasteiger partial charge in [0.25, 0.3) is 0 Å². The minimum absolute atomic E-state index is 0.845. The molecule has 0 aromatic heterocycles. The van der Waals surface area contributed by atoms with Crippen molar-refractivity contribution in [3.05, 3.63) is 0 Å². The van der Waals surface area contributed by atoms with E-state index in [1.54, 1.807) is 0 Å². The predicted molar refractivity (Wildman–Crippen MR) is 69.6 cm³/mol. The first-order chi connectivity index (χ1) is 7.38. The van der Waals surface area contributed by atoms with Crippen LogP contribution < -0.4 is 5.32 Å². The maximum absolute atomic E-state index is 3.89. The molecule has 2 unspecified atom stereocenters. The van der Waals surface area contributed by atoms with Crippen molar-refractivity contribution >= 4 is 11.8 Å². The molecule has 15 heavy (non-hydrogen) atoms. The molecule has 0 aromatic carbocycles. The second kappa shape index (κ2) is 6.15. The average molecular weight is 227 g/mol. The molecule has 2 aliphatic rings. The highest BCUT2D eigenvalue weighted by atomic mass is 32.2. The van der Waals surface area contributed by atoms with Gasteiger partial charge in [0, 0.05) is 17.3 Å². The van der Waals surface area contributed by atoms with E-state index in [0.29, 0.717) is 0 Å². The summed E-state index contributed by atoms with van der Waals surface area (Å²) in [5.41, 5.74) is 0.